The van der Waals surface area contributed by atoms with E-state index < -0.39 is 5.92 Å². The van der Waals surface area contributed by atoms with Gasteiger partial charge in [0.1, 0.15) is 0 Å². The highest BCUT2D eigenvalue weighted by Crippen LogP contribution is 2.63. The molecule has 0 spiro atoms. The molecular formula is C12H20ClF2N. The lowest BCUT2D eigenvalue weighted by molar-refractivity contribution is 0.0700. The highest BCUT2D eigenvalue weighted by Gasteiger charge is 2.72. The molecule has 94 valence electrons. The molecule has 0 radical (unpaired) electrons. The van der Waals surface area contributed by atoms with Gasteiger partial charge in [0.05, 0.1) is 0 Å². The Bertz CT molecular complexity index is 223. The number of nitrogens with one attached hydrogen (secondary N) is 1. The summed E-state index contributed by atoms with van der Waals surface area (Å²) < 4.78 is 27.4. The molecule has 1 heterocycles. The van der Waals surface area contributed by atoms with Crippen molar-refractivity contribution in [1.29, 1.82) is 0 Å². The minimum Gasteiger partial charge on any atom is -0.313 e. The van der Waals surface area contributed by atoms with Gasteiger partial charge in [0, 0.05) is 17.9 Å². The molecule has 1 nitrogen and oxygen atoms in total. The van der Waals surface area contributed by atoms with Crippen molar-refractivity contribution in [2.24, 2.45) is 17.8 Å². The second-order valence-electron chi connectivity index (χ2n) is 5.47. The van der Waals surface area contributed by atoms with Crippen molar-refractivity contribution in [2.45, 2.75) is 50.5 Å². The third-order valence-corrected chi connectivity index (χ3v) is 4.61. The normalized spacial score (nSPS) is 42.0. The van der Waals surface area contributed by atoms with Gasteiger partial charge in [-0.3, -0.25) is 0 Å². The summed E-state index contributed by atoms with van der Waals surface area (Å²) in [6.45, 7) is 0.939. The van der Waals surface area contributed by atoms with E-state index in [-0.39, 0.29) is 30.3 Å². The van der Waals surface area contributed by atoms with Gasteiger partial charge in [-0.15, -0.1) is 12.4 Å². The Morgan fingerprint density at radius 1 is 0.938 bits per heavy atom. The van der Waals surface area contributed by atoms with Gasteiger partial charge in [0.25, 0.3) is 5.92 Å². The van der Waals surface area contributed by atoms with Crippen LogP contribution >= 0.6 is 12.4 Å². The number of hydrogen-bond acceptors (Lipinski definition) is 1. The van der Waals surface area contributed by atoms with Crippen LogP contribution in [0.4, 0.5) is 8.78 Å². The van der Waals surface area contributed by atoms with Gasteiger partial charge in [0.2, 0.25) is 0 Å². The second-order valence-corrected chi connectivity index (χ2v) is 5.47. The maximum Gasteiger partial charge on any atom is 0.256 e. The maximum atomic E-state index is 13.7. The van der Waals surface area contributed by atoms with Crippen molar-refractivity contribution in [1.82, 2.24) is 5.32 Å². The monoisotopic (exact) mass is 251 g/mol. The summed E-state index contributed by atoms with van der Waals surface area (Å²) in [6.07, 6.45) is 6.47. The van der Waals surface area contributed by atoms with E-state index in [1.54, 1.807) is 0 Å². The van der Waals surface area contributed by atoms with E-state index in [0.29, 0.717) is 5.92 Å². The smallest absolute Gasteiger partial charge is 0.256 e. The van der Waals surface area contributed by atoms with E-state index in [4.69, 9.17) is 0 Å². The van der Waals surface area contributed by atoms with Crippen molar-refractivity contribution in [3.63, 3.8) is 0 Å². The summed E-state index contributed by atoms with van der Waals surface area (Å²) in [6, 6.07) is 0.116. The lowest BCUT2D eigenvalue weighted by atomic mass is 9.97. The van der Waals surface area contributed by atoms with Crippen molar-refractivity contribution < 1.29 is 8.78 Å². The van der Waals surface area contributed by atoms with Crippen LogP contribution in [-0.4, -0.2) is 18.5 Å². The Labute approximate surface area is 102 Å². The molecule has 2 aliphatic carbocycles. The first kappa shape index (κ1) is 12.6. The van der Waals surface area contributed by atoms with Crippen molar-refractivity contribution in [3.05, 3.63) is 0 Å². The second kappa shape index (κ2) is 4.41. The quantitative estimate of drug-likeness (QED) is 0.795. The van der Waals surface area contributed by atoms with E-state index in [1.807, 2.05) is 0 Å². The van der Waals surface area contributed by atoms with Gasteiger partial charge in [-0.2, -0.15) is 0 Å². The first-order chi connectivity index (χ1) is 7.21. The van der Waals surface area contributed by atoms with Crippen LogP contribution in [0.5, 0.6) is 0 Å². The maximum absolute atomic E-state index is 13.7. The minimum atomic E-state index is -2.35. The molecule has 3 rings (SSSR count). The molecule has 0 aromatic carbocycles. The summed E-state index contributed by atoms with van der Waals surface area (Å²) in [4.78, 5) is 0. The lowest BCUT2D eigenvalue weighted by Crippen LogP contribution is -2.26. The zero-order valence-electron chi connectivity index (χ0n) is 9.42. The van der Waals surface area contributed by atoms with Gasteiger partial charge < -0.3 is 5.32 Å². The third-order valence-electron chi connectivity index (χ3n) is 4.61. The summed E-state index contributed by atoms with van der Waals surface area (Å²) in [7, 11) is 0. The van der Waals surface area contributed by atoms with Gasteiger partial charge in [-0.05, 0) is 38.1 Å². The number of halogens is 3. The van der Waals surface area contributed by atoms with Crippen molar-refractivity contribution >= 4 is 12.4 Å². The molecule has 0 amide bonds. The Morgan fingerprint density at radius 2 is 1.62 bits per heavy atom. The van der Waals surface area contributed by atoms with Crippen LogP contribution in [-0.2, 0) is 0 Å². The van der Waals surface area contributed by atoms with Crippen LogP contribution in [0.25, 0.3) is 0 Å². The lowest BCUT2D eigenvalue weighted by Gasteiger charge is -2.10. The van der Waals surface area contributed by atoms with Crippen LogP contribution in [0.2, 0.25) is 0 Å². The number of alkyl halides is 2. The molecule has 3 unspecified atom stereocenters. The highest BCUT2D eigenvalue weighted by atomic mass is 35.5. The fourth-order valence-corrected chi connectivity index (χ4v) is 3.84. The van der Waals surface area contributed by atoms with Crippen LogP contribution in [0.3, 0.4) is 0 Å². The summed E-state index contributed by atoms with van der Waals surface area (Å²) >= 11 is 0. The van der Waals surface area contributed by atoms with E-state index in [1.165, 1.54) is 12.8 Å². The molecule has 0 aromatic rings. The van der Waals surface area contributed by atoms with Crippen LogP contribution in [0, 0.1) is 17.8 Å². The summed E-state index contributed by atoms with van der Waals surface area (Å²) in [5.41, 5.74) is 0. The molecule has 1 N–H and O–H groups in total. The first-order valence-corrected chi connectivity index (χ1v) is 6.32. The van der Waals surface area contributed by atoms with Crippen LogP contribution in [0.15, 0.2) is 0 Å². The SMILES string of the molecule is Cl.FC1(F)C(C2CCCC2)C1C1CCCN1. The van der Waals surface area contributed by atoms with Gasteiger partial charge in [-0.1, -0.05) is 12.8 Å². The Kier molecular flexibility index (Phi) is 3.47. The first-order valence-electron chi connectivity index (χ1n) is 6.32. The number of hydrogen-bond donors (Lipinski definition) is 1. The highest BCUT2D eigenvalue weighted by molar-refractivity contribution is 5.85. The molecule has 1 saturated heterocycles. The predicted octanol–water partition coefficient (Wildman–Crippen LogP) is 3.23. The van der Waals surface area contributed by atoms with E-state index in [9.17, 15) is 8.78 Å². The fraction of sp³-hybridized carbons (Fsp3) is 1.00. The largest absolute Gasteiger partial charge is 0.313 e. The zero-order chi connectivity index (χ0) is 10.5. The molecule has 3 fully saturated rings. The van der Waals surface area contributed by atoms with Gasteiger partial charge >= 0.3 is 0 Å². The third kappa shape index (κ3) is 1.86. The average Bonchev–Trinajstić information content (AvgIpc) is 2.78. The molecule has 3 atom stereocenters. The van der Waals surface area contributed by atoms with E-state index >= 15 is 0 Å². The minimum absolute atomic E-state index is 0. The molecule has 4 heteroatoms. The molecule has 3 aliphatic rings. The topological polar surface area (TPSA) is 12.0 Å². The Balaban J connectivity index is 0.000000963. The summed E-state index contributed by atoms with van der Waals surface area (Å²) in [5.74, 6) is -2.64. The zero-order valence-corrected chi connectivity index (χ0v) is 10.2. The molecule has 0 aromatic heterocycles. The fourth-order valence-electron chi connectivity index (χ4n) is 3.84. The van der Waals surface area contributed by atoms with Gasteiger partial charge in [-0.25, -0.2) is 8.78 Å². The van der Waals surface area contributed by atoms with E-state index in [0.717, 1.165) is 32.2 Å². The Hall–Kier alpha value is 0.110. The van der Waals surface area contributed by atoms with Crippen molar-refractivity contribution in [2.75, 3.05) is 6.54 Å². The average molecular weight is 252 g/mol. The number of rotatable bonds is 2. The molecule has 1 aliphatic heterocycles. The van der Waals surface area contributed by atoms with Crippen LogP contribution in [0.1, 0.15) is 38.5 Å². The predicted molar refractivity (Wildman–Crippen MR) is 62.2 cm³/mol. The Morgan fingerprint density at radius 3 is 2.19 bits per heavy atom. The molecular weight excluding hydrogens is 232 g/mol. The van der Waals surface area contributed by atoms with E-state index in [2.05, 4.69) is 5.32 Å². The van der Waals surface area contributed by atoms with Crippen LogP contribution < -0.4 is 5.32 Å². The van der Waals surface area contributed by atoms with Crippen molar-refractivity contribution in [3.8, 4) is 0 Å². The molecule has 2 saturated carbocycles. The van der Waals surface area contributed by atoms with Gasteiger partial charge in [0.15, 0.2) is 0 Å². The molecule has 16 heavy (non-hydrogen) atoms. The summed E-state index contributed by atoms with van der Waals surface area (Å²) in [5, 5.41) is 3.25. The molecule has 0 bridgehead atoms. The standard InChI is InChI=1S/C12H19F2N.ClH/c13-12(14)10(8-4-1-2-5-8)11(12)9-6-3-7-15-9;/h8-11,15H,1-7H2;1H.